The topological polar surface area (TPSA) is 71.3 Å². The first-order chi connectivity index (χ1) is 13.3. The summed E-state index contributed by atoms with van der Waals surface area (Å²) in [5.74, 6) is 0.527. The lowest BCUT2D eigenvalue weighted by Crippen LogP contribution is -2.37. The average Bonchev–Trinajstić information content (AvgIpc) is 3.11. The highest BCUT2D eigenvalue weighted by Gasteiger charge is 2.33. The maximum absolute atomic E-state index is 12.6. The number of halogens is 3. The van der Waals surface area contributed by atoms with Crippen LogP contribution in [0.25, 0.3) is 0 Å². The van der Waals surface area contributed by atoms with E-state index < -0.39 is 11.9 Å². The number of guanidine groups is 1. The summed E-state index contributed by atoms with van der Waals surface area (Å²) in [5, 5.41) is 7.51. The van der Waals surface area contributed by atoms with Gasteiger partial charge in [-0.1, -0.05) is 6.07 Å². The summed E-state index contributed by atoms with van der Waals surface area (Å²) in [5.41, 5.74) is 0.0358. The molecule has 2 aromatic rings. The van der Waals surface area contributed by atoms with Crippen molar-refractivity contribution in [2.45, 2.75) is 46.0 Å². The van der Waals surface area contributed by atoms with E-state index in [9.17, 15) is 18.0 Å². The minimum absolute atomic E-state index is 0.00969. The standard InChI is InChI=1S/C18H24F3N5OS/c1-3-22-17(24-11-15-25-14(12-28-15)18(19,20)21)23-9-4-5-10-26-13(2)7-6-8-16(26)27/h6-8,12H,3-5,9-11H2,1-2H3,(H2,22,23,24). The van der Waals surface area contributed by atoms with Crippen molar-refractivity contribution < 1.29 is 13.2 Å². The third-order valence-electron chi connectivity index (χ3n) is 3.93. The summed E-state index contributed by atoms with van der Waals surface area (Å²) in [6.45, 7) is 5.80. The fourth-order valence-corrected chi connectivity index (χ4v) is 3.24. The molecule has 2 aromatic heterocycles. The Morgan fingerprint density at radius 1 is 1.29 bits per heavy atom. The lowest BCUT2D eigenvalue weighted by atomic mass is 10.3. The van der Waals surface area contributed by atoms with Crippen LogP contribution >= 0.6 is 11.3 Å². The number of aryl methyl sites for hydroxylation is 1. The van der Waals surface area contributed by atoms with Crippen LogP contribution in [0.4, 0.5) is 13.2 Å². The molecule has 2 heterocycles. The van der Waals surface area contributed by atoms with E-state index in [0.29, 0.717) is 30.6 Å². The molecule has 2 N–H and O–H groups in total. The van der Waals surface area contributed by atoms with Crippen LogP contribution in [0.3, 0.4) is 0 Å². The molecular formula is C18H24F3N5OS. The molecule has 0 fully saturated rings. The molecule has 0 atom stereocenters. The van der Waals surface area contributed by atoms with Crippen LogP contribution in [0.1, 0.15) is 36.2 Å². The highest BCUT2D eigenvalue weighted by molar-refractivity contribution is 7.09. The molecule has 0 unspecified atom stereocenters. The number of alkyl halides is 3. The zero-order valence-corrected chi connectivity index (χ0v) is 16.7. The van der Waals surface area contributed by atoms with Crippen molar-refractivity contribution in [3.8, 4) is 0 Å². The molecule has 2 rings (SSSR count). The Kier molecular flexibility index (Phi) is 8.04. The molecule has 154 valence electrons. The molecule has 0 spiro atoms. The first-order valence-electron chi connectivity index (χ1n) is 9.01. The fourth-order valence-electron chi connectivity index (χ4n) is 2.51. The van der Waals surface area contributed by atoms with Gasteiger partial charge in [-0.25, -0.2) is 9.98 Å². The van der Waals surface area contributed by atoms with Crippen molar-refractivity contribution in [1.29, 1.82) is 0 Å². The number of hydrogen-bond acceptors (Lipinski definition) is 4. The number of thiazole rings is 1. The van der Waals surface area contributed by atoms with E-state index in [2.05, 4.69) is 20.6 Å². The van der Waals surface area contributed by atoms with E-state index >= 15 is 0 Å². The number of pyridine rings is 1. The van der Waals surface area contributed by atoms with E-state index in [1.54, 1.807) is 16.7 Å². The molecule has 0 aromatic carbocycles. The van der Waals surface area contributed by atoms with Crippen LogP contribution < -0.4 is 16.2 Å². The van der Waals surface area contributed by atoms with Gasteiger partial charge in [0.15, 0.2) is 11.7 Å². The van der Waals surface area contributed by atoms with Gasteiger partial charge in [0.1, 0.15) is 5.01 Å². The van der Waals surface area contributed by atoms with Crippen LogP contribution in [0.2, 0.25) is 0 Å². The molecule has 0 saturated heterocycles. The summed E-state index contributed by atoms with van der Waals surface area (Å²) in [4.78, 5) is 19.7. The van der Waals surface area contributed by atoms with E-state index in [0.717, 1.165) is 35.3 Å². The summed E-state index contributed by atoms with van der Waals surface area (Å²) < 4.78 is 39.5. The van der Waals surface area contributed by atoms with Gasteiger partial charge in [-0.05, 0) is 32.8 Å². The Morgan fingerprint density at radius 2 is 2.07 bits per heavy atom. The lowest BCUT2D eigenvalue weighted by Gasteiger charge is -2.12. The summed E-state index contributed by atoms with van der Waals surface area (Å²) in [7, 11) is 0. The monoisotopic (exact) mass is 415 g/mol. The Labute approximate surface area is 165 Å². The van der Waals surface area contributed by atoms with Gasteiger partial charge in [0.25, 0.3) is 5.56 Å². The van der Waals surface area contributed by atoms with Crippen LogP contribution in [0, 0.1) is 6.92 Å². The lowest BCUT2D eigenvalue weighted by molar-refractivity contribution is -0.140. The summed E-state index contributed by atoms with van der Waals surface area (Å²) in [6, 6.07) is 5.19. The molecule has 28 heavy (non-hydrogen) atoms. The van der Waals surface area contributed by atoms with Crippen molar-refractivity contribution in [2.24, 2.45) is 4.99 Å². The molecule has 10 heteroatoms. The minimum Gasteiger partial charge on any atom is -0.357 e. The molecule has 0 radical (unpaired) electrons. The van der Waals surface area contributed by atoms with Gasteiger partial charge in [0, 0.05) is 36.8 Å². The molecular weight excluding hydrogens is 391 g/mol. The van der Waals surface area contributed by atoms with Crippen molar-refractivity contribution >= 4 is 17.3 Å². The van der Waals surface area contributed by atoms with E-state index in [1.165, 1.54) is 0 Å². The van der Waals surface area contributed by atoms with E-state index in [4.69, 9.17) is 0 Å². The normalized spacial score (nSPS) is 12.2. The van der Waals surface area contributed by atoms with E-state index in [-0.39, 0.29) is 12.1 Å². The predicted octanol–water partition coefficient (Wildman–Crippen LogP) is 3.17. The van der Waals surface area contributed by atoms with Gasteiger partial charge < -0.3 is 15.2 Å². The number of aromatic nitrogens is 2. The number of nitrogens with one attached hydrogen (secondary N) is 2. The zero-order chi connectivity index (χ0) is 20.6. The first-order valence-corrected chi connectivity index (χ1v) is 9.89. The largest absolute Gasteiger partial charge is 0.434 e. The first kappa shape index (κ1) is 21.9. The molecule has 0 aliphatic rings. The number of unbranched alkanes of at least 4 members (excludes halogenated alkanes) is 1. The van der Waals surface area contributed by atoms with Gasteiger partial charge >= 0.3 is 6.18 Å². The van der Waals surface area contributed by atoms with Gasteiger partial charge in [0.2, 0.25) is 0 Å². The Morgan fingerprint density at radius 3 is 2.71 bits per heavy atom. The third-order valence-corrected chi connectivity index (χ3v) is 4.76. The van der Waals surface area contributed by atoms with Crippen molar-refractivity contribution in [3.63, 3.8) is 0 Å². The highest BCUT2D eigenvalue weighted by Crippen LogP contribution is 2.30. The average molecular weight is 415 g/mol. The Bertz CT molecular complexity index is 844. The van der Waals surface area contributed by atoms with Crippen LogP contribution in [-0.4, -0.2) is 28.6 Å². The quantitative estimate of drug-likeness (QED) is 0.395. The second-order valence-electron chi connectivity index (χ2n) is 6.11. The zero-order valence-electron chi connectivity index (χ0n) is 15.8. The molecule has 0 saturated carbocycles. The summed E-state index contributed by atoms with van der Waals surface area (Å²) >= 11 is 0.943. The molecule has 0 aliphatic carbocycles. The molecule has 0 amide bonds. The maximum atomic E-state index is 12.6. The van der Waals surface area contributed by atoms with E-state index in [1.807, 2.05) is 19.9 Å². The molecule has 6 nitrogen and oxygen atoms in total. The molecule has 0 aliphatic heterocycles. The van der Waals surface area contributed by atoms with Crippen molar-refractivity contribution in [2.75, 3.05) is 13.1 Å². The number of rotatable bonds is 8. The predicted molar refractivity (Wildman–Crippen MR) is 105 cm³/mol. The molecule has 0 bridgehead atoms. The fraction of sp³-hybridized carbons (Fsp3) is 0.500. The Hall–Kier alpha value is -2.36. The number of aliphatic imine (C=N–C) groups is 1. The van der Waals surface area contributed by atoms with Crippen LogP contribution in [0.5, 0.6) is 0 Å². The van der Waals surface area contributed by atoms with Gasteiger partial charge in [0.05, 0.1) is 6.54 Å². The summed E-state index contributed by atoms with van der Waals surface area (Å²) in [6.07, 6.45) is -2.79. The maximum Gasteiger partial charge on any atom is 0.434 e. The third kappa shape index (κ3) is 6.66. The van der Waals surface area contributed by atoms with Crippen molar-refractivity contribution in [3.05, 3.63) is 50.3 Å². The second-order valence-corrected chi connectivity index (χ2v) is 7.05. The minimum atomic E-state index is -4.43. The SMILES string of the molecule is CCNC(=NCc1nc(C(F)(F)F)cs1)NCCCCn1c(C)cccc1=O. The number of hydrogen-bond donors (Lipinski definition) is 2. The Balaban J connectivity index is 1.81. The number of nitrogens with zero attached hydrogens (tertiary/aromatic N) is 3. The van der Waals surface area contributed by atoms with Crippen LogP contribution in [0.15, 0.2) is 33.4 Å². The van der Waals surface area contributed by atoms with Gasteiger partial charge in [-0.15, -0.1) is 11.3 Å². The van der Waals surface area contributed by atoms with Gasteiger partial charge in [-0.2, -0.15) is 13.2 Å². The highest BCUT2D eigenvalue weighted by atomic mass is 32.1. The van der Waals surface area contributed by atoms with Crippen molar-refractivity contribution in [1.82, 2.24) is 20.2 Å². The smallest absolute Gasteiger partial charge is 0.357 e. The van der Waals surface area contributed by atoms with Gasteiger partial charge in [-0.3, -0.25) is 4.79 Å². The van der Waals surface area contributed by atoms with Crippen LogP contribution in [-0.2, 0) is 19.3 Å². The second kappa shape index (κ2) is 10.3.